The molecule has 1 saturated heterocycles. The van der Waals surface area contributed by atoms with Gasteiger partial charge in [-0.2, -0.15) is 9.97 Å². The lowest BCUT2D eigenvalue weighted by Gasteiger charge is -2.30. The van der Waals surface area contributed by atoms with E-state index in [9.17, 15) is 9.59 Å². The van der Waals surface area contributed by atoms with Crippen LogP contribution in [0, 0.1) is 0 Å². The molecule has 0 bridgehead atoms. The Morgan fingerprint density at radius 3 is 2.22 bits per heavy atom. The molecule has 1 fully saturated rings. The van der Waals surface area contributed by atoms with E-state index in [-0.39, 0.29) is 16.7 Å². The Morgan fingerprint density at radius 1 is 1.03 bits per heavy atom. The van der Waals surface area contributed by atoms with Crippen LogP contribution in [0.15, 0.2) is 67.0 Å². The first-order chi connectivity index (χ1) is 17.8. The van der Waals surface area contributed by atoms with Gasteiger partial charge in [-0.3, -0.25) is 4.57 Å². The van der Waals surface area contributed by atoms with E-state index in [1.807, 2.05) is 6.92 Å². The van der Waals surface area contributed by atoms with Gasteiger partial charge in [-0.25, -0.2) is 14.6 Å². The summed E-state index contributed by atoms with van der Waals surface area (Å²) >= 11 is 6.23. The third-order valence-corrected chi connectivity index (χ3v) is 6.70. The van der Waals surface area contributed by atoms with Crippen LogP contribution in [0.1, 0.15) is 47.2 Å². The fourth-order valence-electron chi connectivity index (χ4n) is 4.33. The minimum atomic E-state index is -1.06. The molecule has 11 heteroatoms. The second-order valence-electron chi connectivity index (χ2n) is 8.80. The quantitative estimate of drug-likeness (QED) is 0.292. The Morgan fingerprint density at radius 2 is 1.62 bits per heavy atom. The third kappa shape index (κ3) is 4.61. The Hall–Kier alpha value is -4.02. The number of hydrogen-bond donors (Lipinski definition) is 1. The van der Waals surface area contributed by atoms with Gasteiger partial charge in [0, 0.05) is 0 Å². The maximum absolute atomic E-state index is 13.2. The van der Waals surface area contributed by atoms with Gasteiger partial charge >= 0.3 is 11.9 Å². The number of benzene rings is 2. The zero-order valence-electron chi connectivity index (χ0n) is 20.1. The minimum Gasteiger partial charge on any atom is -0.452 e. The zero-order chi connectivity index (χ0) is 26.2. The van der Waals surface area contributed by atoms with Crippen LogP contribution in [-0.4, -0.2) is 49.3 Å². The Balaban J connectivity index is 1.58. The highest BCUT2D eigenvalue weighted by atomic mass is 35.5. The van der Waals surface area contributed by atoms with E-state index in [2.05, 4.69) is 15.0 Å². The highest BCUT2D eigenvalue weighted by Gasteiger charge is 2.57. The van der Waals surface area contributed by atoms with Gasteiger partial charge in [0.1, 0.15) is 11.1 Å². The van der Waals surface area contributed by atoms with E-state index in [0.29, 0.717) is 23.1 Å². The summed E-state index contributed by atoms with van der Waals surface area (Å²) < 4.78 is 20.0. The van der Waals surface area contributed by atoms with E-state index < -0.39 is 36.0 Å². The summed E-state index contributed by atoms with van der Waals surface area (Å²) in [5.74, 6) is -1.22. The summed E-state index contributed by atoms with van der Waals surface area (Å²) in [6.45, 7) is 3.69. The molecule has 1 unspecified atom stereocenters. The molecule has 1 aliphatic heterocycles. The maximum Gasteiger partial charge on any atom is 0.338 e. The number of hydrogen-bond acceptors (Lipinski definition) is 9. The fourth-order valence-corrected chi connectivity index (χ4v) is 4.55. The van der Waals surface area contributed by atoms with Crippen molar-refractivity contribution in [3.05, 3.63) is 83.3 Å². The van der Waals surface area contributed by atoms with Crippen molar-refractivity contribution in [2.75, 3.05) is 5.73 Å². The number of aromatic nitrogens is 4. The van der Waals surface area contributed by atoms with Gasteiger partial charge in [-0.05, 0) is 37.6 Å². The number of fused-ring (bicyclic) bond motifs is 1. The molecule has 0 spiro atoms. The van der Waals surface area contributed by atoms with E-state index in [1.54, 1.807) is 72.2 Å². The second kappa shape index (κ2) is 9.79. The van der Waals surface area contributed by atoms with Crippen molar-refractivity contribution in [1.82, 2.24) is 19.5 Å². The van der Waals surface area contributed by atoms with Gasteiger partial charge in [-0.15, -0.1) is 0 Å². The van der Waals surface area contributed by atoms with Crippen molar-refractivity contribution in [2.24, 2.45) is 0 Å². The van der Waals surface area contributed by atoms with Crippen LogP contribution in [-0.2, 0) is 14.2 Å². The molecule has 5 rings (SSSR count). The average Bonchev–Trinajstić information content (AvgIpc) is 3.44. The SMILES string of the molecule is CC[C@@]1(C)O[C@@H](n2cnc3c(Cl)nc(N)nc32)[C@@H](OC(=O)c2ccccc2)C1OC(=O)c1ccccc1. The van der Waals surface area contributed by atoms with E-state index in [1.165, 1.54) is 6.33 Å². The number of ether oxygens (including phenoxy) is 3. The molecule has 1 aliphatic rings. The summed E-state index contributed by atoms with van der Waals surface area (Å²) in [7, 11) is 0. The zero-order valence-corrected chi connectivity index (χ0v) is 20.8. The molecule has 37 heavy (non-hydrogen) atoms. The van der Waals surface area contributed by atoms with Gasteiger partial charge in [0.15, 0.2) is 29.2 Å². The van der Waals surface area contributed by atoms with Crippen LogP contribution < -0.4 is 5.73 Å². The molecule has 4 aromatic rings. The highest BCUT2D eigenvalue weighted by Crippen LogP contribution is 2.44. The first-order valence-corrected chi connectivity index (χ1v) is 12.0. The predicted molar refractivity (Wildman–Crippen MR) is 135 cm³/mol. The minimum absolute atomic E-state index is 0.0552. The maximum atomic E-state index is 13.2. The fraction of sp³-hybridized carbons (Fsp3) is 0.269. The van der Waals surface area contributed by atoms with Crippen LogP contribution in [0.25, 0.3) is 11.2 Å². The molecule has 3 heterocycles. The van der Waals surface area contributed by atoms with Gasteiger partial charge in [0.05, 0.1) is 17.5 Å². The van der Waals surface area contributed by atoms with Crippen molar-refractivity contribution >= 4 is 40.7 Å². The number of imidazole rings is 1. The highest BCUT2D eigenvalue weighted by molar-refractivity contribution is 6.33. The molecule has 0 saturated carbocycles. The lowest BCUT2D eigenvalue weighted by Crippen LogP contribution is -2.45. The number of nitrogens with zero attached hydrogens (tertiary/aromatic N) is 4. The number of carbonyl (C=O) groups is 2. The molecule has 190 valence electrons. The van der Waals surface area contributed by atoms with Gasteiger partial charge < -0.3 is 19.9 Å². The Bertz CT molecular complexity index is 1450. The summed E-state index contributed by atoms with van der Waals surface area (Å²) in [6.07, 6.45) is -1.08. The van der Waals surface area contributed by atoms with Crippen LogP contribution in [0.5, 0.6) is 0 Å². The van der Waals surface area contributed by atoms with Gasteiger partial charge in [0.25, 0.3) is 0 Å². The number of rotatable bonds is 6. The third-order valence-electron chi connectivity index (χ3n) is 6.44. The van der Waals surface area contributed by atoms with Gasteiger partial charge in [0.2, 0.25) is 5.95 Å². The summed E-state index contributed by atoms with van der Waals surface area (Å²) in [4.78, 5) is 38.8. The van der Waals surface area contributed by atoms with E-state index in [0.717, 1.165) is 0 Å². The topological polar surface area (TPSA) is 131 Å². The van der Waals surface area contributed by atoms with Crippen LogP contribution in [0.2, 0.25) is 5.15 Å². The van der Waals surface area contributed by atoms with Gasteiger partial charge in [-0.1, -0.05) is 54.9 Å². The number of halogens is 1. The lowest BCUT2D eigenvalue weighted by molar-refractivity contribution is -0.0964. The normalized spacial score (nSPS) is 23.2. The molecular formula is C26H24ClN5O5. The molecule has 2 aromatic carbocycles. The first kappa shape index (κ1) is 24.7. The number of carbonyl (C=O) groups excluding carboxylic acids is 2. The molecule has 2 aromatic heterocycles. The van der Waals surface area contributed by atoms with Crippen molar-refractivity contribution in [3.63, 3.8) is 0 Å². The summed E-state index contributed by atoms with van der Waals surface area (Å²) in [5.41, 5.74) is 6.11. The molecule has 4 atom stereocenters. The summed E-state index contributed by atoms with van der Waals surface area (Å²) in [5, 5.41) is 0.0717. The number of anilines is 1. The molecule has 2 N–H and O–H groups in total. The van der Waals surface area contributed by atoms with E-state index >= 15 is 0 Å². The number of nitrogen functional groups attached to an aromatic ring is 1. The standard InChI is InChI=1S/C26H24ClN5O5/c1-3-26(2)19(36-24(34)16-12-8-5-9-13-16)18(35-23(33)15-10-6-4-7-11-15)22(37-26)32-14-29-17-20(27)30-25(28)31-21(17)32/h4-14,18-19,22H,3H2,1-2H3,(H2,28,30,31)/t18-,19?,22+,26+/m0/s1. The van der Waals surface area contributed by atoms with Crippen LogP contribution in [0.4, 0.5) is 5.95 Å². The molecule has 0 aliphatic carbocycles. The molecular weight excluding hydrogens is 498 g/mol. The van der Waals surface area contributed by atoms with Crippen LogP contribution >= 0.6 is 11.6 Å². The van der Waals surface area contributed by atoms with E-state index in [4.69, 9.17) is 31.5 Å². The Labute approximate surface area is 217 Å². The first-order valence-electron chi connectivity index (χ1n) is 11.7. The summed E-state index contributed by atoms with van der Waals surface area (Å²) in [6, 6.07) is 17.1. The number of esters is 2. The second-order valence-corrected chi connectivity index (χ2v) is 9.16. The van der Waals surface area contributed by atoms with Crippen molar-refractivity contribution in [1.29, 1.82) is 0 Å². The molecule has 0 radical (unpaired) electrons. The smallest absolute Gasteiger partial charge is 0.338 e. The van der Waals surface area contributed by atoms with Crippen molar-refractivity contribution in [3.8, 4) is 0 Å². The predicted octanol–water partition coefficient (Wildman–Crippen LogP) is 4.21. The van der Waals surface area contributed by atoms with Crippen molar-refractivity contribution in [2.45, 2.75) is 44.3 Å². The molecule has 10 nitrogen and oxygen atoms in total. The average molecular weight is 522 g/mol. The largest absolute Gasteiger partial charge is 0.452 e. The van der Waals surface area contributed by atoms with Crippen LogP contribution in [0.3, 0.4) is 0 Å². The number of nitrogens with two attached hydrogens (primary N) is 1. The molecule has 0 amide bonds. The monoisotopic (exact) mass is 521 g/mol. The van der Waals surface area contributed by atoms with Crippen molar-refractivity contribution < 1.29 is 23.8 Å². The lowest BCUT2D eigenvalue weighted by atomic mass is 9.94. The Kier molecular flexibility index (Phi) is 6.53.